The van der Waals surface area contributed by atoms with E-state index in [1.807, 2.05) is 18.2 Å². The average Bonchev–Trinajstić information content (AvgIpc) is 3.12. The Labute approximate surface area is 180 Å². The largest absolute Gasteiger partial charge is 0.507 e. The van der Waals surface area contributed by atoms with Gasteiger partial charge in [0.05, 0.1) is 11.9 Å². The van der Waals surface area contributed by atoms with E-state index in [0.29, 0.717) is 40.4 Å². The molecular formula is C23H26N6O2. The second kappa shape index (κ2) is 8.11. The number of hydrogen-bond donors (Lipinski definition) is 3. The van der Waals surface area contributed by atoms with Gasteiger partial charge in [-0.15, -0.1) is 10.2 Å². The lowest BCUT2D eigenvalue weighted by Gasteiger charge is -2.29. The van der Waals surface area contributed by atoms with Crippen molar-refractivity contribution in [3.63, 3.8) is 0 Å². The van der Waals surface area contributed by atoms with Crippen LogP contribution in [0.5, 0.6) is 5.75 Å². The summed E-state index contributed by atoms with van der Waals surface area (Å²) in [5.41, 5.74) is 2.36. The summed E-state index contributed by atoms with van der Waals surface area (Å²) >= 11 is 0. The van der Waals surface area contributed by atoms with Gasteiger partial charge in [0.2, 0.25) is 0 Å². The minimum atomic E-state index is -0.202. The molecule has 0 aliphatic carbocycles. The summed E-state index contributed by atoms with van der Waals surface area (Å²) in [5.74, 6) is 1.50. The van der Waals surface area contributed by atoms with Crippen molar-refractivity contribution in [3.8, 4) is 28.1 Å². The van der Waals surface area contributed by atoms with E-state index in [4.69, 9.17) is 0 Å². The summed E-state index contributed by atoms with van der Waals surface area (Å²) in [4.78, 5) is 11.8. The van der Waals surface area contributed by atoms with E-state index in [0.717, 1.165) is 12.4 Å². The summed E-state index contributed by atoms with van der Waals surface area (Å²) < 4.78 is 1.26. The van der Waals surface area contributed by atoms with E-state index < -0.39 is 0 Å². The highest BCUT2D eigenvalue weighted by Crippen LogP contribution is 2.33. The Hall–Kier alpha value is -3.26. The van der Waals surface area contributed by atoms with Crippen LogP contribution in [0.15, 0.2) is 47.4 Å². The number of anilines is 1. The maximum absolute atomic E-state index is 11.8. The van der Waals surface area contributed by atoms with Crippen LogP contribution in [0.3, 0.4) is 0 Å². The molecule has 0 saturated carbocycles. The first-order chi connectivity index (χ1) is 15.0. The molecule has 3 N–H and O–H groups in total. The van der Waals surface area contributed by atoms with Crippen LogP contribution in [0.25, 0.3) is 22.4 Å². The summed E-state index contributed by atoms with van der Waals surface area (Å²) in [6.07, 6.45) is 6.64. The number of benzene rings is 1. The first-order valence-electron chi connectivity index (χ1n) is 10.8. The molecule has 4 heterocycles. The minimum absolute atomic E-state index is 0.0818. The number of phenols is 1. The van der Waals surface area contributed by atoms with Crippen LogP contribution in [-0.4, -0.2) is 43.7 Å². The summed E-state index contributed by atoms with van der Waals surface area (Å²) in [6, 6.07) is 11.8. The third-order valence-electron chi connectivity index (χ3n) is 6.38. The number of rotatable bonds is 5. The number of aromatic hydroxyl groups is 1. The lowest BCUT2D eigenvalue weighted by Crippen LogP contribution is -2.40. The first-order valence-corrected chi connectivity index (χ1v) is 10.8. The van der Waals surface area contributed by atoms with E-state index in [1.165, 1.54) is 36.4 Å². The van der Waals surface area contributed by atoms with Gasteiger partial charge in [0.1, 0.15) is 11.6 Å². The molecule has 2 aromatic heterocycles. The van der Waals surface area contributed by atoms with Crippen molar-refractivity contribution < 1.29 is 5.11 Å². The van der Waals surface area contributed by atoms with Crippen LogP contribution >= 0.6 is 0 Å². The number of nitrogens with zero attached hydrogens (tertiary/aromatic N) is 4. The molecule has 2 aliphatic rings. The Balaban J connectivity index is 1.27. The number of piperidine rings is 1. The van der Waals surface area contributed by atoms with Crippen molar-refractivity contribution in [2.75, 3.05) is 11.9 Å². The smallest absolute Gasteiger partial charge is 0.267 e. The van der Waals surface area contributed by atoms with E-state index in [1.54, 1.807) is 25.4 Å². The number of hydrogen-bond acceptors (Lipinski definition) is 7. The number of aryl methyl sites for hydroxylation is 1. The fourth-order valence-electron chi connectivity index (χ4n) is 4.72. The molecular weight excluding hydrogens is 392 g/mol. The second-order valence-corrected chi connectivity index (χ2v) is 8.60. The van der Waals surface area contributed by atoms with Gasteiger partial charge in [-0.2, -0.15) is 5.10 Å². The SMILES string of the molecule is Cn1ncc(-c2ccc(-c3ccc(NCC4CC5CCC(C4)N5)nn3)c(O)c2)cc1=O. The number of aromatic nitrogens is 4. The number of phenolic OH excluding ortho intramolecular Hbond substituents is 1. The van der Waals surface area contributed by atoms with Gasteiger partial charge < -0.3 is 15.7 Å². The Morgan fingerprint density at radius 1 is 1.10 bits per heavy atom. The molecule has 3 aromatic rings. The highest BCUT2D eigenvalue weighted by atomic mass is 16.3. The van der Waals surface area contributed by atoms with Crippen LogP contribution in [0.2, 0.25) is 0 Å². The van der Waals surface area contributed by atoms with Gasteiger partial charge in [0.15, 0.2) is 0 Å². The Morgan fingerprint density at radius 2 is 1.90 bits per heavy atom. The molecule has 2 bridgehead atoms. The highest BCUT2D eigenvalue weighted by Gasteiger charge is 2.33. The molecule has 2 fully saturated rings. The van der Waals surface area contributed by atoms with Gasteiger partial charge >= 0.3 is 0 Å². The number of fused-ring (bicyclic) bond motifs is 2. The Bertz CT molecular complexity index is 1130. The Kier molecular flexibility index (Phi) is 5.15. The van der Waals surface area contributed by atoms with Crippen LogP contribution in [0.4, 0.5) is 5.82 Å². The normalized spacial score (nSPS) is 22.4. The van der Waals surface area contributed by atoms with Crippen molar-refractivity contribution in [2.45, 2.75) is 37.8 Å². The molecule has 2 aliphatic heterocycles. The highest BCUT2D eigenvalue weighted by molar-refractivity contribution is 5.73. The zero-order chi connectivity index (χ0) is 21.4. The van der Waals surface area contributed by atoms with Crippen molar-refractivity contribution in [1.82, 2.24) is 25.3 Å². The number of nitrogens with one attached hydrogen (secondary N) is 2. The summed E-state index contributed by atoms with van der Waals surface area (Å²) in [6.45, 7) is 0.910. The van der Waals surface area contributed by atoms with E-state index >= 15 is 0 Å². The monoisotopic (exact) mass is 418 g/mol. The first kappa shape index (κ1) is 19.7. The molecule has 2 saturated heterocycles. The van der Waals surface area contributed by atoms with Crippen LogP contribution < -0.4 is 16.2 Å². The van der Waals surface area contributed by atoms with E-state index in [9.17, 15) is 9.90 Å². The van der Waals surface area contributed by atoms with Gasteiger partial charge in [-0.25, -0.2) is 4.68 Å². The van der Waals surface area contributed by atoms with Crippen molar-refractivity contribution in [2.24, 2.45) is 13.0 Å². The molecule has 2 atom stereocenters. The fourth-order valence-corrected chi connectivity index (χ4v) is 4.72. The molecule has 31 heavy (non-hydrogen) atoms. The Morgan fingerprint density at radius 3 is 2.58 bits per heavy atom. The lowest BCUT2D eigenvalue weighted by atomic mass is 9.92. The third-order valence-corrected chi connectivity index (χ3v) is 6.38. The van der Waals surface area contributed by atoms with Crippen LogP contribution in [0.1, 0.15) is 25.7 Å². The van der Waals surface area contributed by atoms with Gasteiger partial charge in [-0.05, 0) is 61.4 Å². The van der Waals surface area contributed by atoms with Gasteiger partial charge in [-0.3, -0.25) is 4.79 Å². The standard InChI is InChI=1S/C23H26N6O2/c1-29-23(31)11-16(13-25-29)15-2-5-19(21(30)10-15)20-6-7-22(28-27-20)24-12-14-8-17-3-4-18(9-14)26-17/h2,5-7,10-11,13-14,17-18,26,30H,3-4,8-9,12H2,1H3,(H,24,28). The van der Waals surface area contributed by atoms with Gasteiger partial charge in [-0.1, -0.05) is 6.07 Å². The summed E-state index contributed by atoms with van der Waals surface area (Å²) in [7, 11) is 1.60. The third kappa shape index (κ3) is 4.16. The predicted molar refractivity (Wildman–Crippen MR) is 119 cm³/mol. The maximum Gasteiger partial charge on any atom is 0.267 e. The molecule has 5 rings (SSSR count). The molecule has 0 radical (unpaired) electrons. The van der Waals surface area contributed by atoms with Crippen molar-refractivity contribution in [1.29, 1.82) is 0 Å². The molecule has 0 amide bonds. The zero-order valence-corrected chi connectivity index (χ0v) is 17.5. The van der Waals surface area contributed by atoms with Crippen LogP contribution in [-0.2, 0) is 7.05 Å². The topological polar surface area (TPSA) is 105 Å². The van der Waals surface area contributed by atoms with Crippen molar-refractivity contribution in [3.05, 3.63) is 52.9 Å². The molecule has 160 valence electrons. The van der Waals surface area contributed by atoms with Gasteiger partial charge in [0, 0.05) is 42.9 Å². The quantitative estimate of drug-likeness (QED) is 0.585. The average molecular weight is 419 g/mol. The lowest BCUT2D eigenvalue weighted by molar-refractivity contribution is 0.311. The molecule has 0 spiro atoms. The minimum Gasteiger partial charge on any atom is -0.507 e. The molecule has 1 aromatic carbocycles. The molecule has 2 unspecified atom stereocenters. The maximum atomic E-state index is 11.8. The summed E-state index contributed by atoms with van der Waals surface area (Å²) in [5, 5.41) is 30.2. The van der Waals surface area contributed by atoms with Crippen LogP contribution in [0, 0.1) is 5.92 Å². The zero-order valence-electron chi connectivity index (χ0n) is 17.5. The van der Waals surface area contributed by atoms with Gasteiger partial charge in [0.25, 0.3) is 5.56 Å². The predicted octanol–water partition coefficient (Wildman–Crippen LogP) is 2.55. The second-order valence-electron chi connectivity index (χ2n) is 8.60. The van der Waals surface area contributed by atoms with E-state index in [-0.39, 0.29) is 11.3 Å². The van der Waals surface area contributed by atoms with Crippen molar-refractivity contribution >= 4 is 5.82 Å². The molecule has 8 heteroatoms. The molecule has 8 nitrogen and oxygen atoms in total. The van der Waals surface area contributed by atoms with E-state index in [2.05, 4.69) is 25.9 Å². The fraction of sp³-hybridized carbons (Fsp3) is 0.391.